The van der Waals surface area contributed by atoms with Gasteiger partial charge in [0.1, 0.15) is 9.88 Å². The fourth-order valence-corrected chi connectivity index (χ4v) is 2.95. The normalized spacial score (nSPS) is 12.0. The van der Waals surface area contributed by atoms with Crippen LogP contribution < -0.4 is 22.1 Å². The van der Waals surface area contributed by atoms with E-state index in [1.54, 1.807) is 7.11 Å². The molecule has 1 rings (SSSR count). The molecule has 8 heteroatoms. The summed E-state index contributed by atoms with van der Waals surface area (Å²) in [5.41, 5.74) is 11.5. The van der Waals surface area contributed by atoms with E-state index in [1.165, 1.54) is 0 Å². The fourth-order valence-electron chi connectivity index (χ4n) is 1.79. The minimum atomic E-state index is -0.662. The lowest BCUT2D eigenvalue weighted by atomic mass is 10.2. The molecule has 2 amide bonds. The number of nitrogens with one attached hydrogen (secondary N) is 2. The molecule has 7 nitrogen and oxygen atoms in total. The van der Waals surface area contributed by atoms with E-state index in [4.69, 9.17) is 16.2 Å². The number of nitrogens with two attached hydrogens (primary N) is 2. The fraction of sp³-hybridized carbons (Fsp3) is 0.538. The molecule has 0 aliphatic carbocycles. The predicted molar refractivity (Wildman–Crippen MR) is 84.8 cm³/mol. The summed E-state index contributed by atoms with van der Waals surface area (Å²) in [4.78, 5) is 23.9. The molecule has 0 saturated heterocycles. The zero-order valence-corrected chi connectivity index (χ0v) is 13.3. The van der Waals surface area contributed by atoms with Crippen molar-refractivity contribution in [1.29, 1.82) is 0 Å². The molecular weight excluding hydrogens is 292 g/mol. The Morgan fingerprint density at radius 1 is 1.43 bits per heavy atom. The van der Waals surface area contributed by atoms with Crippen molar-refractivity contribution in [2.75, 3.05) is 31.3 Å². The van der Waals surface area contributed by atoms with Crippen LogP contribution in [0.1, 0.15) is 40.3 Å². The van der Waals surface area contributed by atoms with Gasteiger partial charge in [0.25, 0.3) is 11.8 Å². The smallest absolute Gasteiger partial charge is 0.263 e. The van der Waals surface area contributed by atoms with E-state index >= 15 is 0 Å². The molecule has 0 aliphatic rings. The average molecular weight is 314 g/mol. The molecule has 0 aromatic carbocycles. The lowest BCUT2D eigenvalue weighted by molar-refractivity contribution is 0.0958. The summed E-state index contributed by atoms with van der Waals surface area (Å²) in [6.45, 7) is 4.84. The van der Waals surface area contributed by atoms with Crippen molar-refractivity contribution in [1.82, 2.24) is 5.32 Å². The second-order valence-electron chi connectivity index (χ2n) is 4.67. The van der Waals surface area contributed by atoms with Gasteiger partial charge in [-0.05, 0) is 13.3 Å². The molecule has 1 heterocycles. The maximum atomic E-state index is 12.0. The van der Waals surface area contributed by atoms with Crippen LogP contribution in [0, 0.1) is 0 Å². The SMILES string of the molecule is CCCNC(=O)c1sc(NC(C)COC)c(C(N)=O)c1N. The highest BCUT2D eigenvalue weighted by Gasteiger charge is 2.24. The first-order valence-electron chi connectivity index (χ1n) is 6.68. The van der Waals surface area contributed by atoms with Gasteiger partial charge in [-0.15, -0.1) is 11.3 Å². The topological polar surface area (TPSA) is 119 Å². The minimum Gasteiger partial charge on any atom is -0.397 e. The van der Waals surface area contributed by atoms with Gasteiger partial charge < -0.3 is 26.8 Å². The van der Waals surface area contributed by atoms with Gasteiger partial charge in [-0.2, -0.15) is 0 Å². The van der Waals surface area contributed by atoms with Crippen LogP contribution in [0.5, 0.6) is 0 Å². The summed E-state index contributed by atoms with van der Waals surface area (Å²) in [6, 6.07) is -0.0438. The Morgan fingerprint density at radius 3 is 2.62 bits per heavy atom. The van der Waals surface area contributed by atoms with E-state index in [2.05, 4.69) is 10.6 Å². The number of rotatable bonds is 8. The summed E-state index contributed by atoms with van der Waals surface area (Å²) in [6.07, 6.45) is 0.815. The Bertz CT molecular complexity index is 516. The molecule has 0 saturated carbocycles. The highest BCUT2D eigenvalue weighted by atomic mass is 32.1. The van der Waals surface area contributed by atoms with E-state index in [1.807, 2.05) is 13.8 Å². The second-order valence-corrected chi connectivity index (χ2v) is 5.69. The number of ether oxygens (including phenoxy) is 1. The van der Waals surface area contributed by atoms with Crippen molar-refractivity contribution < 1.29 is 14.3 Å². The molecule has 1 atom stereocenters. The summed E-state index contributed by atoms with van der Waals surface area (Å²) >= 11 is 1.12. The molecule has 1 aromatic heterocycles. The van der Waals surface area contributed by atoms with Crippen molar-refractivity contribution >= 4 is 33.8 Å². The Morgan fingerprint density at radius 2 is 2.10 bits per heavy atom. The Labute approximate surface area is 128 Å². The number of amides is 2. The first-order chi connectivity index (χ1) is 9.92. The minimum absolute atomic E-state index is 0.0438. The Hall–Kier alpha value is -1.80. The van der Waals surface area contributed by atoms with E-state index < -0.39 is 5.91 Å². The first kappa shape index (κ1) is 17.3. The van der Waals surface area contributed by atoms with Crippen LogP contribution in [0.4, 0.5) is 10.7 Å². The highest BCUT2D eigenvalue weighted by molar-refractivity contribution is 7.19. The van der Waals surface area contributed by atoms with Gasteiger partial charge in [0, 0.05) is 19.7 Å². The lowest BCUT2D eigenvalue weighted by Crippen LogP contribution is -2.24. The molecule has 118 valence electrons. The molecule has 0 spiro atoms. The number of nitrogen functional groups attached to an aromatic ring is 1. The van der Waals surface area contributed by atoms with E-state index in [-0.39, 0.29) is 23.2 Å². The van der Waals surface area contributed by atoms with Gasteiger partial charge in [-0.3, -0.25) is 9.59 Å². The molecule has 1 unspecified atom stereocenters. The predicted octanol–water partition coefficient (Wildman–Crippen LogP) is 1.02. The maximum Gasteiger partial charge on any atom is 0.263 e. The first-order valence-corrected chi connectivity index (χ1v) is 7.49. The molecule has 1 aromatic rings. The number of thiophene rings is 1. The second kappa shape index (κ2) is 7.84. The van der Waals surface area contributed by atoms with Crippen molar-refractivity contribution in [3.8, 4) is 0 Å². The average Bonchev–Trinajstić information content (AvgIpc) is 2.73. The Kier molecular flexibility index (Phi) is 6.44. The zero-order valence-electron chi connectivity index (χ0n) is 12.5. The molecule has 0 aliphatic heterocycles. The number of carbonyl (C=O) groups excluding carboxylic acids is 2. The zero-order chi connectivity index (χ0) is 16.0. The molecule has 0 bridgehead atoms. The third-order valence-corrected chi connectivity index (χ3v) is 3.86. The lowest BCUT2D eigenvalue weighted by Gasteiger charge is -2.13. The van der Waals surface area contributed by atoms with Crippen LogP contribution in [-0.2, 0) is 4.74 Å². The van der Waals surface area contributed by atoms with Gasteiger partial charge in [-0.25, -0.2) is 0 Å². The standard InChI is InChI=1S/C13H22N4O3S/c1-4-5-16-12(19)10-9(14)8(11(15)18)13(21-10)17-7(2)6-20-3/h7,17H,4-6,14H2,1-3H3,(H2,15,18)(H,16,19). The number of primary amides is 1. The number of anilines is 2. The van der Waals surface area contributed by atoms with Gasteiger partial charge in [-0.1, -0.05) is 6.92 Å². The van der Waals surface area contributed by atoms with E-state index in [9.17, 15) is 9.59 Å². The van der Waals surface area contributed by atoms with Crippen molar-refractivity contribution in [3.63, 3.8) is 0 Å². The third kappa shape index (κ3) is 4.33. The van der Waals surface area contributed by atoms with E-state index in [0.29, 0.717) is 23.0 Å². The Balaban J connectivity index is 3.07. The number of carbonyl (C=O) groups is 2. The summed E-state index contributed by atoms with van der Waals surface area (Å²) < 4.78 is 5.03. The molecular formula is C13H22N4O3S. The van der Waals surface area contributed by atoms with Gasteiger partial charge in [0.2, 0.25) is 0 Å². The summed E-state index contributed by atoms with van der Waals surface area (Å²) in [5, 5.41) is 6.32. The number of hydrogen-bond acceptors (Lipinski definition) is 6. The molecule has 0 radical (unpaired) electrons. The quantitative estimate of drug-likeness (QED) is 0.571. The monoisotopic (exact) mass is 314 g/mol. The van der Waals surface area contributed by atoms with Crippen LogP contribution in [-0.4, -0.2) is 38.1 Å². The third-order valence-electron chi connectivity index (χ3n) is 2.73. The van der Waals surface area contributed by atoms with Crippen LogP contribution in [0.2, 0.25) is 0 Å². The molecule has 21 heavy (non-hydrogen) atoms. The van der Waals surface area contributed by atoms with Crippen LogP contribution in [0.3, 0.4) is 0 Å². The van der Waals surface area contributed by atoms with Gasteiger partial charge in [0.05, 0.1) is 17.9 Å². The van der Waals surface area contributed by atoms with Crippen LogP contribution in [0.25, 0.3) is 0 Å². The largest absolute Gasteiger partial charge is 0.397 e. The molecule has 6 N–H and O–H groups in total. The summed E-state index contributed by atoms with van der Waals surface area (Å²) in [7, 11) is 1.58. The number of methoxy groups -OCH3 is 1. The molecule has 0 fully saturated rings. The maximum absolute atomic E-state index is 12.0. The van der Waals surface area contributed by atoms with Gasteiger partial charge >= 0.3 is 0 Å². The highest BCUT2D eigenvalue weighted by Crippen LogP contribution is 2.35. The van der Waals surface area contributed by atoms with E-state index in [0.717, 1.165) is 17.8 Å². The van der Waals surface area contributed by atoms with Crippen LogP contribution in [0.15, 0.2) is 0 Å². The van der Waals surface area contributed by atoms with Gasteiger partial charge in [0.15, 0.2) is 0 Å². The van der Waals surface area contributed by atoms with Crippen LogP contribution >= 0.6 is 11.3 Å². The van der Waals surface area contributed by atoms with Crippen molar-refractivity contribution in [3.05, 3.63) is 10.4 Å². The number of hydrogen-bond donors (Lipinski definition) is 4. The van der Waals surface area contributed by atoms with Crippen molar-refractivity contribution in [2.45, 2.75) is 26.3 Å². The van der Waals surface area contributed by atoms with Crippen molar-refractivity contribution in [2.24, 2.45) is 5.73 Å². The summed E-state index contributed by atoms with van der Waals surface area (Å²) in [5.74, 6) is -0.959.